The van der Waals surface area contributed by atoms with Gasteiger partial charge in [-0.15, -0.1) is 0 Å². The molecule has 0 atom stereocenters. The monoisotopic (exact) mass is 181 g/mol. The lowest BCUT2D eigenvalue weighted by molar-refractivity contribution is -0.134. The summed E-state index contributed by atoms with van der Waals surface area (Å²) in [7, 11) is 1.26. The summed E-state index contributed by atoms with van der Waals surface area (Å²) in [6.07, 6.45) is 3.79. The summed E-state index contributed by atoms with van der Waals surface area (Å²) in [5, 5.41) is 0. The van der Waals surface area contributed by atoms with Crippen LogP contribution in [0.15, 0.2) is 24.4 Å². The Labute approximate surface area is 74.9 Å². The van der Waals surface area contributed by atoms with Gasteiger partial charge in [0.2, 0.25) is 5.95 Å². The standard InChI is InChI=1S/C9H8FNO2/c1-13-8(12)5-4-7-3-2-6-11-9(7)10/h2-6H,1H3/b5-4+. The second-order valence-corrected chi connectivity index (χ2v) is 2.24. The van der Waals surface area contributed by atoms with Crippen LogP contribution in [-0.4, -0.2) is 18.1 Å². The van der Waals surface area contributed by atoms with E-state index in [4.69, 9.17) is 0 Å². The molecule has 1 aromatic heterocycles. The molecule has 0 saturated carbocycles. The van der Waals surface area contributed by atoms with Gasteiger partial charge in [-0.2, -0.15) is 4.39 Å². The molecule has 4 heteroatoms. The number of halogens is 1. The van der Waals surface area contributed by atoms with Crippen LogP contribution in [0, 0.1) is 5.95 Å². The first-order valence-corrected chi connectivity index (χ1v) is 3.60. The Morgan fingerprint density at radius 2 is 2.46 bits per heavy atom. The zero-order valence-corrected chi connectivity index (χ0v) is 7.03. The number of carbonyl (C=O) groups excluding carboxylic acids is 1. The van der Waals surface area contributed by atoms with Crippen molar-refractivity contribution in [1.29, 1.82) is 0 Å². The topological polar surface area (TPSA) is 39.2 Å². The van der Waals surface area contributed by atoms with Gasteiger partial charge < -0.3 is 4.74 Å². The second-order valence-electron chi connectivity index (χ2n) is 2.24. The van der Waals surface area contributed by atoms with E-state index in [2.05, 4.69) is 9.72 Å². The quantitative estimate of drug-likeness (QED) is 0.393. The van der Waals surface area contributed by atoms with E-state index in [1.165, 1.54) is 25.4 Å². The van der Waals surface area contributed by atoms with E-state index in [9.17, 15) is 9.18 Å². The highest BCUT2D eigenvalue weighted by atomic mass is 19.1. The van der Waals surface area contributed by atoms with Crippen LogP contribution in [0.25, 0.3) is 6.08 Å². The number of nitrogens with zero attached hydrogens (tertiary/aromatic N) is 1. The van der Waals surface area contributed by atoms with Crippen LogP contribution < -0.4 is 0 Å². The molecule has 0 aromatic carbocycles. The smallest absolute Gasteiger partial charge is 0.330 e. The van der Waals surface area contributed by atoms with Crippen molar-refractivity contribution in [3.63, 3.8) is 0 Å². The minimum absolute atomic E-state index is 0.257. The fourth-order valence-corrected chi connectivity index (χ4v) is 0.749. The molecule has 0 bridgehead atoms. The predicted octanol–water partition coefficient (Wildman–Crippen LogP) is 1.41. The van der Waals surface area contributed by atoms with Crippen molar-refractivity contribution in [3.8, 4) is 0 Å². The van der Waals surface area contributed by atoms with Crippen LogP contribution in [0.3, 0.4) is 0 Å². The van der Waals surface area contributed by atoms with Gasteiger partial charge in [0.1, 0.15) is 0 Å². The van der Waals surface area contributed by atoms with E-state index in [1.54, 1.807) is 6.07 Å². The molecule has 13 heavy (non-hydrogen) atoms. The molecular formula is C9H8FNO2. The lowest BCUT2D eigenvalue weighted by Gasteiger charge is -1.93. The van der Waals surface area contributed by atoms with Crippen molar-refractivity contribution in [2.75, 3.05) is 7.11 Å². The Bertz CT molecular complexity index is 336. The fourth-order valence-electron chi connectivity index (χ4n) is 0.749. The number of ether oxygens (including phenoxy) is 1. The third-order valence-corrected chi connectivity index (χ3v) is 1.39. The van der Waals surface area contributed by atoms with Gasteiger partial charge in [0.05, 0.1) is 7.11 Å². The Balaban J connectivity index is 2.80. The Kier molecular flexibility index (Phi) is 3.14. The summed E-state index contributed by atoms with van der Waals surface area (Å²) in [5.74, 6) is -1.13. The molecular weight excluding hydrogens is 173 g/mol. The number of hydrogen-bond acceptors (Lipinski definition) is 3. The Morgan fingerprint density at radius 3 is 3.08 bits per heavy atom. The molecule has 0 aliphatic rings. The van der Waals surface area contributed by atoms with Gasteiger partial charge in [-0.25, -0.2) is 9.78 Å². The summed E-state index contributed by atoms with van der Waals surface area (Å²) in [4.78, 5) is 14.1. The maximum atomic E-state index is 12.8. The van der Waals surface area contributed by atoms with Gasteiger partial charge in [-0.1, -0.05) is 0 Å². The average molecular weight is 181 g/mol. The normalized spacial score (nSPS) is 10.3. The van der Waals surface area contributed by atoms with Crippen molar-refractivity contribution in [2.45, 2.75) is 0 Å². The minimum atomic E-state index is -0.609. The average Bonchev–Trinajstić information content (AvgIpc) is 2.16. The first-order valence-electron chi connectivity index (χ1n) is 3.60. The Morgan fingerprint density at radius 1 is 1.69 bits per heavy atom. The van der Waals surface area contributed by atoms with Crippen LogP contribution in [0.4, 0.5) is 4.39 Å². The first-order chi connectivity index (χ1) is 6.24. The molecule has 1 rings (SSSR count). The number of methoxy groups -OCH3 is 1. The zero-order chi connectivity index (χ0) is 9.68. The number of esters is 1. The molecule has 3 nitrogen and oxygen atoms in total. The third kappa shape index (κ3) is 2.66. The SMILES string of the molecule is COC(=O)/C=C/c1cccnc1F. The third-order valence-electron chi connectivity index (χ3n) is 1.39. The second kappa shape index (κ2) is 4.35. The summed E-state index contributed by atoms with van der Waals surface area (Å²) in [5.41, 5.74) is 0.257. The predicted molar refractivity (Wildman–Crippen MR) is 45.2 cm³/mol. The van der Waals surface area contributed by atoms with Gasteiger partial charge in [0, 0.05) is 17.8 Å². The van der Waals surface area contributed by atoms with Crippen molar-refractivity contribution in [1.82, 2.24) is 4.98 Å². The van der Waals surface area contributed by atoms with Gasteiger partial charge in [-0.3, -0.25) is 0 Å². The molecule has 0 aliphatic carbocycles. The van der Waals surface area contributed by atoms with Gasteiger partial charge in [0.15, 0.2) is 0 Å². The molecule has 0 fully saturated rings. The van der Waals surface area contributed by atoms with Crippen LogP contribution in [0.5, 0.6) is 0 Å². The van der Waals surface area contributed by atoms with E-state index >= 15 is 0 Å². The lowest BCUT2D eigenvalue weighted by Crippen LogP contribution is -1.94. The molecule has 0 radical (unpaired) electrons. The van der Waals surface area contributed by atoms with E-state index in [1.807, 2.05) is 0 Å². The number of carbonyl (C=O) groups is 1. The van der Waals surface area contributed by atoms with Gasteiger partial charge in [-0.05, 0) is 18.2 Å². The number of hydrogen-bond donors (Lipinski definition) is 0. The number of rotatable bonds is 2. The van der Waals surface area contributed by atoms with E-state index in [0.29, 0.717) is 0 Å². The maximum Gasteiger partial charge on any atom is 0.330 e. The molecule has 1 aromatic rings. The maximum absolute atomic E-state index is 12.8. The highest BCUT2D eigenvalue weighted by Gasteiger charge is 1.98. The summed E-state index contributed by atoms with van der Waals surface area (Å²) >= 11 is 0. The van der Waals surface area contributed by atoms with Crippen LogP contribution in [0.2, 0.25) is 0 Å². The molecule has 0 saturated heterocycles. The Hall–Kier alpha value is -1.71. The molecule has 0 amide bonds. The first kappa shape index (κ1) is 9.38. The fraction of sp³-hybridized carbons (Fsp3) is 0.111. The van der Waals surface area contributed by atoms with Crippen molar-refractivity contribution >= 4 is 12.0 Å². The summed E-state index contributed by atoms with van der Waals surface area (Å²) in [6.45, 7) is 0. The van der Waals surface area contributed by atoms with Crippen molar-refractivity contribution in [3.05, 3.63) is 35.9 Å². The summed E-state index contributed by atoms with van der Waals surface area (Å²) < 4.78 is 17.2. The summed E-state index contributed by atoms with van der Waals surface area (Å²) in [6, 6.07) is 3.10. The van der Waals surface area contributed by atoms with Crippen LogP contribution in [-0.2, 0) is 9.53 Å². The zero-order valence-electron chi connectivity index (χ0n) is 7.03. The molecule has 0 spiro atoms. The lowest BCUT2D eigenvalue weighted by atomic mass is 10.2. The molecule has 0 aliphatic heterocycles. The van der Waals surface area contributed by atoms with Crippen LogP contribution >= 0.6 is 0 Å². The number of pyridine rings is 1. The molecule has 0 unspecified atom stereocenters. The van der Waals surface area contributed by atoms with E-state index < -0.39 is 11.9 Å². The number of aromatic nitrogens is 1. The van der Waals surface area contributed by atoms with E-state index in [0.717, 1.165) is 6.08 Å². The highest BCUT2D eigenvalue weighted by Crippen LogP contribution is 2.04. The van der Waals surface area contributed by atoms with Gasteiger partial charge >= 0.3 is 5.97 Å². The molecule has 0 N–H and O–H groups in total. The largest absolute Gasteiger partial charge is 0.466 e. The molecule has 68 valence electrons. The van der Waals surface area contributed by atoms with Crippen molar-refractivity contribution in [2.24, 2.45) is 0 Å². The molecule has 1 heterocycles. The van der Waals surface area contributed by atoms with Crippen LogP contribution in [0.1, 0.15) is 5.56 Å². The minimum Gasteiger partial charge on any atom is -0.466 e. The van der Waals surface area contributed by atoms with Crippen molar-refractivity contribution < 1.29 is 13.9 Å². The van der Waals surface area contributed by atoms with E-state index in [-0.39, 0.29) is 5.56 Å². The highest BCUT2D eigenvalue weighted by molar-refractivity contribution is 5.86. The van der Waals surface area contributed by atoms with Gasteiger partial charge in [0.25, 0.3) is 0 Å².